The van der Waals surface area contributed by atoms with E-state index in [0.29, 0.717) is 0 Å². The number of carbonyl (C=O) groups excluding carboxylic acids is 2. The van der Waals surface area contributed by atoms with Crippen LogP contribution in [0, 0.1) is 10.8 Å². The van der Waals surface area contributed by atoms with E-state index in [0.717, 1.165) is 0 Å². The second-order valence-corrected chi connectivity index (χ2v) is 5.20. The molecule has 0 aliphatic rings. The van der Waals surface area contributed by atoms with Gasteiger partial charge in [-0.3, -0.25) is 14.4 Å². The van der Waals surface area contributed by atoms with E-state index in [1.807, 2.05) is 0 Å². The van der Waals surface area contributed by atoms with Gasteiger partial charge in [0.2, 0.25) is 0 Å². The van der Waals surface area contributed by atoms with Gasteiger partial charge in [-0.15, -0.1) is 0 Å². The van der Waals surface area contributed by atoms with Crippen LogP contribution in [0.25, 0.3) is 0 Å². The number of Topliss-reactive ketones (excluding diaryl/α,β-unsaturated/α-hetero) is 2. The van der Waals surface area contributed by atoms with Crippen LogP contribution in [0.3, 0.4) is 0 Å². The molecule has 0 bridgehead atoms. The number of carboxylic acid groups (broad SMARTS) is 1. The van der Waals surface area contributed by atoms with Gasteiger partial charge in [0.25, 0.3) is 0 Å². The molecule has 0 aliphatic carbocycles. The topological polar surface area (TPSA) is 71.4 Å². The van der Waals surface area contributed by atoms with Crippen LogP contribution >= 0.6 is 0 Å². The van der Waals surface area contributed by atoms with Crippen molar-refractivity contribution in [1.82, 2.24) is 0 Å². The van der Waals surface area contributed by atoms with Gasteiger partial charge in [0.15, 0.2) is 5.78 Å². The first kappa shape index (κ1) is 17.9. The van der Waals surface area contributed by atoms with Crippen LogP contribution in [0.1, 0.15) is 41.0 Å². The molecule has 0 aliphatic heterocycles. The van der Waals surface area contributed by atoms with Gasteiger partial charge in [-0.25, -0.2) is 0 Å². The van der Waals surface area contributed by atoms with Gasteiger partial charge >= 0.3 is 5.97 Å². The van der Waals surface area contributed by atoms with Crippen molar-refractivity contribution in [3.8, 4) is 0 Å². The molecule has 0 saturated heterocycles. The van der Waals surface area contributed by atoms with Crippen molar-refractivity contribution in [2.45, 2.75) is 41.0 Å². The molecule has 1 N–H and O–H groups in total. The zero-order valence-electron chi connectivity index (χ0n) is 10.4. The van der Waals surface area contributed by atoms with Crippen molar-refractivity contribution >= 4 is 17.5 Å². The maximum absolute atomic E-state index is 11.6. The quantitative estimate of drug-likeness (QED) is 0.618. The number of aliphatic carboxylic acids is 1. The van der Waals surface area contributed by atoms with E-state index in [2.05, 4.69) is 0 Å². The fourth-order valence-electron chi connectivity index (χ4n) is 0.751. The van der Waals surface area contributed by atoms with Crippen LogP contribution in [0.2, 0.25) is 0 Å². The van der Waals surface area contributed by atoms with Gasteiger partial charge in [0.05, 0.1) is 6.42 Å². The van der Waals surface area contributed by atoms with Crippen molar-refractivity contribution in [3.63, 3.8) is 0 Å². The smallest absolute Gasteiger partial charge is 0.316 e. The molecule has 0 aromatic heterocycles. The van der Waals surface area contributed by atoms with Crippen molar-refractivity contribution in [2.75, 3.05) is 0 Å². The molecule has 0 radical (unpaired) electrons. The number of carbonyl (C=O) groups is 3. The first-order valence-electron chi connectivity index (χ1n) is 4.79. The molecule has 0 heterocycles. The third-order valence-corrected chi connectivity index (χ3v) is 2.39. The number of ketones is 2. The van der Waals surface area contributed by atoms with Gasteiger partial charge in [-0.1, -0.05) is 20.8 Å². The van der Waals surface area contributed by atoms with E-state index in [-0.39, 0.29) is 33.9 Å². The average Bonchev–Trinajstić information content (AvgIpc) is 2.01. The molecule has 4 nitrogen and oxygen atoms in total. The van der Waals surface area contributed by atoms with Crippen LogP contribution in [-0.4, -0.2) is 22.6 Å². The van der Waals surface area contributed by atoms with Gasteiger partial charge in [-0.2, -0.15) is 0 Å². The summed E-state index contributed by atoms with van der Waals surface area (Å²) < 4.78 is 0. The van der Waals surface area contributed by atoms with Crippen molar-refractivity contribution < 1.29 is 41.2 Å². The molecule has 0 amide bonds. The van der Waals surface area contributed by atoms with Crippen molar-refractivity contribution in [2.24, 2.45) is 10.8 Å². The van der Waals surface area contributed by atoms with Crippen LogP contribution in [0.15, 0.2) is 0 Å². The summed E-state index contributed by atoms with van der Waals surface area (Å²) in [4.78, 5) is 33.9. The monoisotopic (exact) mass is 262 g/mol. The minimum Gasteiger partial charge on any atom is -0.481 e. The summed E-state index contributed by atoms with van der Waals surface area (Å²) in [7, 11) is 0. The SMILES string of the molecule is CC(C)(C)C(=O)CC(=O)C(C)(C)C(=O)O.[Ti]. The Balaban J connectivity index is 0. The molecular formula is C11H18O4Ti. The first-order valence-corrected chi connectivity index (χ1v) is 4.79. The van der Waals surface area contributed by atoms with E-state index in [1.165, 1.54) is 13.8 Å². The van der Waals surface area contributed by atoms with Gasteiger partial charge in [-0.05, 0) is 13.8 Å². The summed E-state index contributed by atoms with van der Waals surface area (Å²) in [6, 6.07) is 0. The van der Waals surface area contributed by atoms with Crippen molar-refractivity contribution in [1.29, 1.82) is 0 Å². The predicted molar refractivity (Wildman–Crippen MR) is 55.5 cm³/mol. The van der Waals surface area contributed by atoms with Crippen LogP contribution in [0.5, 0.6) is 0 Å². The third-order valence-electron chi connectivity index (χ3n) is 2.39. The van der Waals surface area contributed by atoms with Crippen LogP contribution in [-0.2, 0) is 36.1 Å². The van der Waals surface area contributed by atoms with Crippen LogP contribution in [0.4, 0.5) is 0 Å². The minimum absolute atomic E-state index is 0. The molecule has 0 atom stereocenters. The maximum Gasteiger partial charge on any atom is 0.316 e. The summed E-state index contributed by atoms with van der Waals surface area (Å²) in [6.07, 6.45) is -0.317. The van der Waals surface area contributed by atoms with Crippen LogP contribution < -0.4 is 0 Å². The normalized spacial score (nSPS) is 11.6. The zero-order chi connectivity index (χ0) is 12.4. The second-order valence-electron chi connectivity index (χ2n) is 5.20. The maximum atomic E-state index is 11.6. The Morgan fingerprint density at radius 2 is 1.31 bits per heavy atom. The first-order chi connectivity index (χ1) is 6.49. The molecule has 90 valence electrons. The number of rotatable bonds is 4. The van der Waals surface area contributed by atoms with Crippen molar-refractivity contribution in [3.05, 3.63) is 0 Å². The molecule has 16 heavy (non-hydrogen) atoms. The Morgan fingerprint density at radius 3 is 1.56 bits per heavy atom. The molecule has 0 spiro atoms. The van der Waals surface area contributed by atoms with E-state index in [9.17, 15) is 14.4 Å². The average molecular weight is 262 g/mol. The standard InChI is InChI=1S/C11H18O4.Ti/c1-10(2,3)7(12)6-8(13)11(4,5)9(14)15;/h6H2,1-5H3,(H,14,15);. The molecule has 0 unspecified atom stereocenters. The fraction of sp³-hybridized carbons (Fsp3) is 0.727. The molecule has 5 heteroatoms. The molecule has 0 fully saturated rings. The molecule has 0 aromatic rings. The summed E-state index contributed by atoms with van der Waals surface area (Å²) in [6.45, 7) is 7.74. The summed E-state index contributed by atoms with van der Waals surface area (Å²) in [5.74, 6) is -1.98. The number of hydrogen-bond donors (Lipinski definition) is 1. The third kappa shape index (κ3) is 4.58. The fourth-order valence-corrected chi connectivity index (χ4v) is 0.751. The minimum atomic E-state index is -1.49. The second kappa shape index (κ2) is 5.73. The van der Waals surface area contributed by atoms with E-state index in [1.54, 1.807) is 20.8 Å². The Morgan fingerprint density at radius 1 is 0.938 bits per heavy atom. The number of carboxylic acids is 1. The van der Waals surface area contributed by atoms with E-state index >= 15 is 0 Å². The Kier molecular flexibility index (Phi) is 6.42. The molecule has 0 aromatic carbocycles. The van der Waals surface area contributed by atoms with E-state index < -0.39 is 22.6 Å². The Hall–Kier alpha value is -0.476. The van der Waals surface area contributed by atoms with Gasteiger partial charge in [0, 0.05) is 27.1 Å². The summed E-state index contributed by atoms with van der Waals surface area (Å²) >= 11 is 0. The summed E-state index contributed by atoms with van der Waals surface area (Å²) in [5, 5.41) is 8.80. The molecule has 0 rings (SSSR count). The number of hydrogen-bond acceptors (Lipinski definition) is 3. The zero-order valence-corrected chi connectivity index (χ0v) is 11.9. The van der Waals surface area contributed by atoms with Gasteiger partial charge in [0.1, 0.15) is 11.2 Å². The molecular weight excluding hydrogens is 244 g/mol. The molecule has 0 saturated carbocycles. The van der Waals surface area contributed by atoms with Gasteiger partial charge < -0.3 is 5.11 Å². The Labute approximate surface area is 111 Å². The van der Waals surface area contributed by atoms with E-state index in [4.69, 9.17) is 5.11 Å². The Bertz CT molecular complexity index is 300. The summed E-state index contributed by atoms with van der Waals surface area (Å²) in [5.41, 5.74) is -2.09. The largest absolute Gasteiger partial charge is 0.481 e. The predicted octanol–water partition coefficient (Wildman–Crippen LogP) is 1.67.